The van der Waals surface area contributed by atoms with Gasteiger partial charge in [-0.15, -0.1) is 0 Å². The molecule has 0 N–H and O–H groups in total. The molecule has 0 aliphatic rings. The summed E-state index contributed by atoms with van der Waals surface area (Å²) in [6, 6.07) is 0. The van der Waals surface area contributed by atoms with Crippen molar-refractivity contribution in [3.8, 4) is 0 Å². The molecule has 0 unspecified atom stereocenters. The minimum Gasteiger partial charge on any atom is 0 e. The van der Waals surface area contributed by atoms with Crippen molar-refractivity contribution in [2.24, 2.45) is 0 Å². The second kappa shape index (κ2) is 43.8. The smallest absolute Gasteiger partial charge is 0 e. The minimum absolute atomic E-state index is 0. The third kappa shape index (κ3) is 24.8. The van der Waals surface area contributed by atoms with E-state index in [2.05, 4.69) is 47.6 Å². The molecular formula is C12H23CrNO4. The van der Waals surface area contributed by atoms with Crippen molar-refractivity contribution >= 4 is 0 Å². The Morgan fingerprint density at radius 3 is 0.778 bits per heavy atom. The molecule has 5 nitrogen and oxygen atoms in total. The maximum absolute atomic E-state index is 8.25. The zero-order chi connectivity index (χ0) is 15.3. The van der Waals surface area contributed by atoms with Crippen LogP contribution in [0, 0.1) is 20.0 Å². The Kier molecular flexibility index (Phi) is 87.7. The molecule has 0 saturated carbocycles. The molecule has 0 aromatic rings. The van der Waals surface area contributed by atoms with Crippen LogP contribution in [0.3, 0.4) is 0 Å². The summed E-state index contributed by atoms with van der Waals surface area (Å²) in [5.41, 5.74) is 0. The molecule has 0 heterocycles. The molecule has 0 radical (unpaired) electrons. The predicted octanol–water partition coefficient (Wildman–Crippen LogP) is 0.744. The summed E-state index contributed by atoms with van der Waals surface area (Å²) < 4.78 is 23.8. The quantitative estimate of drug-likeness (QED) is 0.428. The van der Waals surface area contributed by atoms with E-state index in [1.54, 1.807) is 0 Å². The van der Waals surface area contributed by atoms with E-state index in [4.69, 9.17) is 19.1 Å². The molecule has 0 aliphatic carbocycles. The van der Waals surface area contributed by atoms with Gasteiger partial charge >= 0.3 is 33.9 Å². The summed E-state index contributed by atoms with van der Waals surface area (Å²) in [6.07, 6.45) is 0. The number of nitrogens with zero attached hydrogens (tertiary/aromatic N) is 1. The molecule has 0 aliphatic heterocycles. The first-order valence-electron chi connectivity index (χ1n) is 5.11. The van der Waals surface area contributed by atoms with Crippen LogP contribution in [0.15, 0.2) is 0 Å². The second-order valence-electron chi connectivity index (χ2n) is 2.61. The van der Waals surface area contributed by atoms with Gasteiger partial charge in [-0.1, -0.05) is 0 Å². The Hall–Kier alpha value is -0.328. The number of quaternary nitrogens is 1. The SMILES string of the molecule is CC[N+](CC)(CC)CC.C[O-].[C-]#[O+].[C-]#[O+].[C-]#[O+].[Cr]. The predicted molar refractivity (Wildman–Crippen MR) is 60.1 cm³/mol. The Morgan fingerprint density at radius 2 is 0.778 bits per heavy atom. The molecule has 0 amide bonds. The normalized spacial score (nSPS) is 6.67. The number of hydrogen-bond acceptors (Lipinski definition) is 1. The molecule has 0 bridgehead atoms. The van der Waals surface area contributed by atoms with E-state index in [0.717, 1.165) is 7.11 Å². The average molecular weight is 297 g/mol. The van der Waals surface area contributed by atoms with E-state index < -0.39 is 0 Å². The zero-order valence-corrected chi connectivity index (χ0v) is 13.1. The molecule has 18 heavy (non-hydrogen) atoms. The van der Waals surface area contributed by atoms with Gasteiger partial charge in [-0.2, -0.15) is 7.11 Å². The fraction of sp³-hybridized carbons (Fsp3) is 0.750. The summed E-state index contributed by atoms with van der Waals surface area (Å²) >= 11 is 0. The Labute approximate surface area is 122 Å². The minimum atomic E-state index is 0. The van der Waals surface area contributed by atoms with Gasteiger partial charge in [0.2, 0.25) is 0 Å². The molecule has 0 saturated heterocycles. The summed E-state index contributed by atoms with van der Waals surface area (Å²) in [5.74, 6) is 0. The van der Waals surface area contributed by atoms with E-state index >= 15 is 0 Å². The zero-order valence-electron chi connectivity index (χ0n) is 11.8. The van der Waals surface area contributed by atoms with Crippen molar-refractivity contribution in [1.29, 1.82) is 0 Å². The molecular weight excluding hydrogens is 274 g/mol. The van der Waals surface area contributed by atoms with Gasteiger partial charge in [-0.3, -0.25) is 0 Å². The standard InChI is InChI=1S/C8H20N.CH3O.3CO.Cr/c1-5-9(6-2,7-3)8-4;4*1-2;/h5-8H2,1-4H3;1H3;;;;/q+1;-1;;;;. The third-order valence-electron chi connectivity index (χ3n) is 2.68. The molecule has 106 valence electrons. The van der Waals surface area contributed by atoms with Gasteiger partial charge in [0.1, 0.15) is 0 Å². The molecule has 6 heteroatoms. The van der Waals surface area contributed by atoms with Crippen LogP contribution in [0.25, 0.3) is 0 Å². The molecule has 0 fully saturated rings. The fourth-order valence-corrected chi connectivity index (χ4v) is 1.34. The first-order valence-corrected chi connectivity index (χ1v) is 5.11. The van der Waals surface area contributed by atoms with Crippen LogP contribution in [-0.2, 0) is 31.3 Å². The molecule has 0 aromatic carbocycles. The summed E-state index contributed by atoms with van der Waals surface area (Å²) in [5, 5.41) is 8.25. The van der Waals surface area contributed by atoms with Gasteiger partial charge in [0.15, 0.2) is 0 Å². The first kappa shape index (κ1) is 36.1. The molecule has 0 atom stereocenters. The Morgan fingerprint density at radius 1 is 0.667 bits per heavy atom. The van der Waals surface area contributed by atoms with Gasteiger partial charge in [-0.05, 0) is 27.7 Å². The maximum Gasteiger partial charge on any atom is 0 e. The number of rotatable bonds is 4. The molecule has 0 aromatic heterocycles. The van der Waals surface area contributed by atoms with Crippen molar-refractivity contribution in [2.75, 3.05) is 33.3 Å². The molecule has 0 spiro atoms. The topological polar surface area (TPSA) is 82.8 Å². The summed E-state index contributed by atoms with van der Waals surface area (Å²) in [4.78, 5) is 0. The van der Waals surface area contributed by atoms with Crippen LogP contribution in [0.4, 0.5) is 0 Å². The second-order valence-corrected chi connectivity index (χ2v) is 2.61. The Balaban J connectivity index is -0.0000000342. The van der Waals surface area contributed by atoms with Crippen LogP contribution in [0.2, 0.25) is 0 Å². The van der Waals surface area contributed by atoms with E-state index in [9.17, 15) is 0 Å². The van der Waals surface area contributed by atoms with Gasteiger partial charge < -0.3 is 9.59 Å². The van der Waals surface area contributed by atoms with Crippen LogP contribution in [-0.4, -0.2) is 37.8 Å². The van der Waals surface area contributed by atoms with Crippen LogP contribution >= 0.6 is 0 Å². The third-order valence-corrected chi connectivity index (χ3v) is 2.68. The Bertz CT molecular complexity index is 133. The van der Waals surface area contributed by atoms with Crippen LogP contribution < -0.4 is 5.11 Å². The van der Waals surface area contributed by atoms with E-state index in [1.165, 1.54) is 30.7 Å². The van der Waals surface area contributed by atoms with Crippen LogP contribution in [0.1, 0.15) is 27.7 Å². The first-order chi connectivity index (χ1) is 8.24. The van der Waals surface area contributed by atoms with Crippen molar-refractivity contribution < 1.29 is 40.9 Å². The van der Waals surface area contributed by atoms with Crippen LogP contribution in [0.5, 0.6) is 0 Å². The van der Waals surface area contributed by atoms with Gasteiger partial charge in [0, 0.05) is 17.4 Å². The van der Waals surface area contributed by atoms with Gasteiger partial charge in [0.25, 0.3) is 0 Å². The molecule has 0 rings (SSSR count). The summed E-state index contributed by atoms with van der Waals surface area (Å²) in [6.45, 7) is 27.7. The largest absolute Gasteiger partial charge is 0 e. The van der Waals surface area contributed by atoms with Crippen molar-refractivity contribution in [3.63, 3.8) is 0 Å². The van der Waals surface area contributed by atoms with E-state index in [1.807, 2.05) is 0 Å². The fourth-order valence-electron chi connectivity index (χ4n) is 1.34. The monoisotopic (exact) mass is 297 g/mol. The maximum atomic E-state index is 8.25. The van der Waals surface area contributed by atoms with Crippen molar-refractivity contribution in [2.45, 2.75) is 27.7 Å². The van der Waals surface area contributed by atoms with Gasteiger partial charge in [0.05, 0.1) is 26.2 Å². The van der Waals surface area contributed by atoms with Gasteiger partial charge in [-0.25, -0.2) is 0 Å². The average Bonchev–Trinajstić information content (AvgIpc) is 2.50. The van der Waals surface area contributed by atoms with E-state index in [0.29, 0.717) is 0 Å². The number of hydrogen-bond donors (Lipinski definition) is 0. The summed E-state index contributed by atoms with van der Waals surface area (Å²) in [7, 11) is 0.750. The van der Waals surface area contributed by atoms with Crippen molar-refractivity contribution in [3.05, 3.63) is 20.0 Å². The van der Waals surface area contributed by atoms with Crippen molar-refractivity contribution in [1.82, 2.24) is 0 Å². The van der Waals surface area contributed by atoms with E-state index in [-0.39, 0.29) is 17.4 Å².